The van der Waals surface area contributed by atoms with Gasteiger partial charge in [0.1, 0.15) is 5.75 Å². The first-order valence-electron chi connectivity index (χ1n) is 12.0. The molecule has 0 saturated carbocycles. The maximum Gasteiger partial charge on any atom is 0.258 e. The second-order valence-electron chi connectivity index (χ2n) is 8.60. The third kappa shape index (κ3) is 5.89. The van der Waals surface area contributed by atoms with Gasteiger partial charge in [-0.15, -0.1) is 0 Å². The van der Waals surface area contributed by atoms with Gasteiger partial charge in [-0.25, -0.2) is 0 Å². The van der Waals surface area contributed by atoms with Gasteiger partial charge in [-0.1, -0.05) is 35.5 Å². The zero-order chi connectivity index (χ0) is 24.8. The Morgan fingerprint density at radius 2 is 1.86 bits per heavy atom. The minimum atomic E-state index is -0.194. The summed E-state index contributed by atoms with van der Waals surface area (Å²) in [5.74, 6) is 1.81. The van der Waals surface area contributed by atoms with E-state index in [-0.39, 0.29) is 12.1 Å². The van der Waals surface area contributed by atoms with Crippen LogP contribution in [-0.2, 0) is 4.74 Å². The Labute approximate surface area is 212 Å². The molecule has 7 nitrogen and oxygen atoms in total. The van der Waals surface area contributed by atoms with Crippen molar-refractivity contribution in [2.45, 2.75) is 46.3 Å². The summed E-state index contributed by atoms with van der Waals surface area (Å²) in [7, 11) is 0. The number of thiocarbonyl (C=S) groups is 1. The lowest BCUT2D eigenvalue weighted by Gasteiger charge is -2.37. The molecule has 0 fully saturated rings. The van der Waals surface area contributed by atoms with Gasteiger partial charge in [0.2, 0.25) is 5.82 Å². The Balaban J connectivity index is 1.66. The molecule has 0 bridgehead atoms. The molecule has 2 aromatic carbocycles. The second-order valence-corrected chi connectivity index (χ2v) is 8.98. The van der Waals surface area contributed by atoms with E-state index in [1.807, 2.05) is 63.2 Å². The molecule has 1 atom stereocenters. The van der Waals surface area contributed by atoms with Gasteiger partial charge < -0.3 is 24.2 Å². The molecule has 184 valence electrons. The van der Waals surface area contributed by atoms with Crippen LogP contribution in [0.5, 0.6) is 5.75 Å². The second kappa shape index (κ2) is 11.5. The average Bonchev–Trinajstić information content (AvgIpc) is 3.34. The largest absolute Gasteiger partial charge is 0.494 e. The maximum absolute atomic E-state index is 5.81. The molecule has 1 aliphatic heterocycles. The van der Waals surface area contributed by atoms with Crippen molar-refractivity contribution < 1.29 is 14.0 Å². The molecule has 8 heteroatoms. The SMILES string of the molecule is CCOc1ccc(-c2noc(C3=C(C)N(CCCOC(C)C)C(=S)NC3c3ccccc3)n2)cc1. The van der Waals surface area contributed by atoms with Crippen LogP contribution in [0.1, 0.15) is 51.6 Å². The fraction of sp³-hybridized carbons (Fsp3) is 0.370. The minimum absolute atomic E-state index is 0.194. The van der Waals surface area contributed by atoms with Crippen molar-refractivity contribution in [3.8, 4) is 17.1 Å². The van der Waals surface area contributed by atoms with E-state index in [1.54, 1.807) is 0 Å². The third-order valence-electron chi connectivity index (χ3n) is 5.79. The van der Waals surface area contributed by atoms with E-state index in [0.29, 0.717) is 30.0 Å². The number of rotatable bonds is 10. The Kier molecular flexibility index (Phi) is 8.15. The summed E-state index contributed by atoms with van der Waals surface area (Å²) in [4.78, 5) is 6.87. The van der Waals surface area contributed by atoms with E-state index < -0.39 is 0 Å². The standard InChI is InChI=1S/C27H32N4O3S/c1-5-32-22-14-12-21(13-15-22)25-29-26(34-30-25)23-19(4)31(16-9-17-33-18(2)3)27(35)28-24(23)20-10-7-6-8-11-20/h6-8,10-15,18,24H,5,9,16-17H2,1-4H3,(H,28,35). The summed E-state index contributed by atoms with van der Waals surface area (Å²) in [5.41, 5.74) is 3.85. The minimum Gasteiger partial charge on any atom is -0.494 e. The van der Waals surface area contributed by atoms with E-state index in [0.717, 1.165) is 41.1 Å². The summed E-state index contributed by atoms with van der Waals surface area (Å²) in [6, 6.07) is 17.7. The van der Waals surface area contributed by atoms with E-state index in [1.165, 1.54) is 0 Å². The van der Waals surface area contributed by atoms with Gasteiger partial charge in [0.25, 0.3) is 5.89 Å². The van der Waals surface area contributed by atoms with E-state index in [2.05, 4.69) is 34.4 Å². The molecule has 1 unspecified atom stereocenters. The zero-order valence-corrected chi connectivity index (χ0v) is 21.5. The molecular weight excluding hydrogens is 460 g/mol. The molecule has 35 heavy (non-hydrogen) atoms. The highest BCUT2D eigenvalue weighted by molar-refractivity contribution is 7.80. The summed E-state index contributed by atoms with van der Waals surface area (Å²) in [6.07, 6.45) is 1.05. The molecular formula is C27H32N4O3S. The normalized spacial score (nSPS) is 16.1. The predicted octanol–water partition coefficient (Wildman–Crippen LogP) is 5.61. The highest BCUT2D eigenvalue weighted by atomic mass is 32.1. The van der Waals surface area contributed by atoms with Crippen LogP contribution >= 0.6 is 12.2 Å². The van der Waals surface area contributed by atoms with Gasteiger partial charge >= 0.3 is 0 Å². The predicted molar refractivity (Wildman–Crippen MR) is 141 cm³/mol. The number of nitrogens with zero attached hydrogens (tertiary/aromatic N) is 3. The first kappa shape index (κ1) is 24.9. The van der Waals surface area contributed by atoms with Crippen molar-refractivity contribution in [1.29, 1.82) is 0 Å². The van der Waals surface area contributed by atoms with Gasteiger partial charge in [0, 0.05) is 24.4 Å². The average molecular weight is 493 g/mol. The van der Waals surface area contributed by atoms with Gasteiger partial charge in [-0.2, -0.15) is 4.98 Å². The Bertz CT molecular complexity index is 1160. The molecule has 0 aliphatic carbocycles. The van der Waals surface area contributed by atoms with Crippen LogP contribution < -0.4 is 10.1 Å². The first-order valence-corrected chi connectivity index (χ1v) is 12.4. The van der Waals surface area contributed by atoms with Crippen LogP contribution in [0.15, 0.2) is 64.8 Å². The third-order valence-corrected chi connectivity index (χ3v) is 6.12. The summed E-state index contributed by atoms with van der Waals surface area (Å²) in [6.45, 7) is 10.1. The van der Waals surface area contributed by atoms with E-state index in [4.69, 9.17) is 31.2 Å². The molecule has 1 aromatic heterocycles. The molecule has 1 N–H and O–H groups in total. The number of ether oxygens (including phenoxy) is 2. The molecule has 4 rings (SSSR count). The highest BCUT2D eigenvalue weighted by Gasteiger charge is 2.33. The Morgan fingerprint density at radius 1 is 1.11 bits per heavy atom. The quantitative estimate of drug-likeness (QED) is 0.289. The van der Waals surface area contributed by atoms with Crippen LogP contribution in [0.25, 0.3) is 17.0 Å². The fourth-order valence-corrected chi connectivity index (χ4v) is 4.43. The smallest absolute Gasteiger partial charge is 0.258 e. The fourth-order valence-electron chi connectivity index (χ4n) is 4.08. The zero-order valence-electron chi connectivity index (χ0n) is 20.7. The van der Waals surface area contributed by atoms with Crippen molar-refractivity contribution in [1.82, 2.24) is 20.4 Å². The number of allylic oxidation sites excluding steroid dienone is 1. The van der Waals surface area contributed by atoms with Gasteiger partial charge in [0.05, 0.1) is 24.3 Å². The number of aromatic nitrogens is 2. The Hall–Kier alpha value is -3.23. The molecule has 3 aromatic rings. The van der Waals surface area contributed by atoms with Crippen LogP contribution in [0.2, 0.25) is 0 Å². The lowest BCUT2D eigenvalue weighted by molar-refractivity contribution is 0.0749. The number of nitrogens with one attached hydrogen (secondary N) is 1. The first-order chi connectivity index (χ1) is 17.0. The van der Waals surface area contributed by atoms with Crippen LogP contribution in [0.4, 0.5) is 0 Å². The molecule has 0 saturated heterocycles. The van der Waals surface area contributed by atoms with Crippen LogP contribution in [-0.4, -0.2) is 46.0 Å². The maximum atomic E-state index is 5.81. The van der Waals surface area contributed by atoms with Crippen molar-refractivity contribution in [3.63, 3.8) is 0 Å². The molecule has 2 heterocycles. The number of hydrogen-bond acceptors (Lipinski definition) is 6. The molecule has 0 spiro atoms. The number of benzene rings is 2. The summed E-state index contributed by atoms with van der Waals surface area (Å²) >= 11 is 5.76. The highest BCUT2D eigenvalue weighted by Crippen LogP contribution is 2.37. The summed E-state index contributed by atoms with van der Waals surface area (Å²) < 4.78 is 17.1. The lowest BCUT2D eigenvalue weighted by atomic mass is 9.95. The molecule has 1 aliphatic rings. The monoisotopic (exact) mass is 492 g/mol. The van der Waals surface area contributed by atoms with Crippen molar-refractivity contribution in [3.05, 3.63) is 71.7 Å². The Morgan fingerprint density at radius 3 is 2.54 bits per heavy atom. The van der Waals surface area contributed by atoms with Crippen molar-refractivity contribution in [2.24, 2.45) is 0 Å². The number of hydrogen-bond donors (Lipinski definition) is 1. The van der Waals surface area contributed by atoms with E-state index >= 15 is 0 Å². The van der Waals surface area contributed by atoms with Crippen molar-refractivity contribution in [2.75, 3.05) is 19.8 Å². The van der Waals surface area contributed by atoms with E-state index in [9.17, 15) is 0 Å². The van der Waals surface area contributed by atoms with Gasteiger partial charge in [-0.05, 0) is 76.2 Å². The van der Waals surface area contributed by atoms with Crippen LogP contribution in [0.3, 0.4) is 0 Å². The molecule has 0 amide bonds. The lowest BCUT2D eigenvalue weighted by Crippen LogP contribution is -2.46. The van der Waals surface area contributed by atoms with Crippen molar-refractivity contribution >= 4 is 22.9 Å². The van der Waals surface area contributed by atoms with Gasteiger partial charge in [0.15, 0.2) is 5.11 Å². The topological polar surface area (TPSA) is 72.7 Å². The molecule has 0 radical (unpaired) electrons. The summed E-state index contributed by atoms with van der Waals surface area (Å²) in [5, 5.41) is 8.45. The van der Waals surface area contributed by atoms with Gasteiger partial charge in [-0.3, -0.25) is 0 Å². The van der Waals surface area contributed by atoms with Crippen LogP contribution in [0, 0.1) is 0 Å².